The summed E-state index contributed by atoms with van der Waals surface area (Å²) >= 11 is 1.37. The molecular formula is C6H7N3OS. The molecule has 0 aliphatic heterocycles. The fourth-order valence-corrected chi connectivity index (χ4v) is 0.928. The fourth-order valence-electron chi connectivity index (χ4n) is 0.580. The number of aldehydes is 1. The second kappa shape index (κ2) is 3.34. The molecular weight excluding hydrogens is 162 g/mol. The number of aromatic nitrogens is 2. The fraction of sp³-hybridized carbons (Fsp3) is 0.167. The van der Waals surface area contributed by atoms with Gasteiger partial charge < -0.3 is 5.73 Å². The zero-order valence-corrected chi connectivity index (χ0v) is 6.76. The predicted molar refractivity (Wildman–Crippen MR) is 43.6 cm³/mol. The van der Waals surface area contributed by atoms with E-state index in [1.165, 1.54) is 18.0 Å². The summed E-state index contributed by atoms with van der Waals surface area (Å²) in [7, 11) is 0. The highest BCUT2D eigenvalue weighted by Gasteiger charge is 2.00. The van der Waals surface area contributed by atoms with Gasteiger partial charge in [-0.1, -0.05) is 11.8 Å². The van der Waals surface area contributed by atoms with Crippen LogP contribution in [0.4, 0.5) is 5.69 Å². The van der Waals surface area contributed by atoms with Crippen molar-refractivity contribution in [1.82, 2.24) is 9.97 Å². The average molecular weight is 169 g/mol. The molecule has 58 valence electrons. The van der Waals surface area contributed by atoms with Crippen LogP contribution in [-0.4, -0.2) is 22.5 Å². The number of carbonyl (C=O) groups excluding carboxylic acids is 1. The smallest absolute Gasteiger partial charge is 0.188 e. The highest BCUT2D eigenvalue weighted by molar-refractivity contribution is 7.98. The molecule has 0 saturated carbocycles. The van der Waals surface area contributed by atoms with Crippen LogP contribution in [-0.2, 0) is 0 Å². The molecule has 1 aromatic rings. The maximum atomic E-state index is 10.3. The van der Waals surface area contributed by atoms with Gasteiger partial charge in [0.1, 0.15) is 5.69 Å². The first-order valence-corrected chi connectivity index (χ1v) is 4.12. The van der Waals surface area contributed by atoms with Crippen LogP contribution in [0, 0.1) is 0 Å². The summed E-state index contributed by atoms with van der Waals surface area (Å²) in [5, 5.41) is 0.557. The third-order valence-corrected chi connectivity index (χ3v) is 1.68. The van der Waals surface area contributed by atoms with Crippen LogP contribution in [0.25, 0.3) is 0 Å². The minimum Gasteiger partial charge on any atom is -0.396 e. The van der Waals surface area contributed by atoms with Crippen LogP contribution in [0.15, 0.2) is 11.4 Å². The van der Waals surface area contributed by atoms with Crippen LogP contribution in [0.3, 0.4) is 0 Å². The Balaban J connectivity index is 3.12. The van der Waals surface area contributed by atoms with Gasteiger partial charge in [-0.3, -0.25) is 4.79 Å². The average Bonchev–Trinajstić information content (AvgIpc) is 2.05. The number of thioether (sulfide) groups is 1. The van der Waals surface area contributed by atoms with E-state index >= 15 is 0 Å². The number of nitrogens with zero attached hydrogens (tertiary/aromatic N) is 2. The predicted octanol–water partition coefficient (Wildman–Crippen LogP) is 0.593. The Morgan fingerprint density at radius 1 is 1.73 bits per heavy atom. The van der Waals surface area contributed by atoms with Crippen molar-refractivity contribution in [2.24, 2.45) is 0 Å². The Labute approximate surface area is 68.2 Å². The van der Waals surface area contributed by atoms with Crippen LogP contribution >= 0.6 is 11.8 Å². The first kappa shape index (κ1) is 8.00. The summed E-state index contributed by atoms with van der Waals surface area (Å²) in [6.07, 6.45) is 3.89. The molecule has 1 heterocycles. The standard InChI is InChI=1S/C6H7N3OS/c1-11-6-8-2-4(7)5(3-10)9-6/h2-3H,7H2,1H3. The Kier molecular flexibility index (Phi) is 2.43. The van der Waals surface area contributed by atoms with Gasteiger partial charge in [0, 0.05) is 0 Å². The zero-order chi connectivity index (χ0) is 8.27. The van der Waals surface area contributed by atoms with Crippen molar-refractivity contribution >= 4 is 23.7 Å². The molecule has 0 spiro atoms. The molecule has 0 bridgehead atoms. The van der Waals surface area contributed by atoms with Crippen molar-refractivity contribution < 1.29 is 4.79 Å². The van der Waals surface area contributed by atoms with Gasteiger partial charge in [0.2, 0.25) is 0 Å². The molecule has 5 heteroatoms. The Morgan fingerprint density at radius 3 is 3.00 bits per heavy atom. The van der Waals surface area contributed by atoms with Gasteiger partial charge in [-0.15, -0.1) is 0 Å². The molecule has 0 radical (unpaired) electrons. The second-order valence-electron chi connectivity index (χ2n) is 1.82. The normalized spacial score (nSPS) is 9.55. The van der Waals surface area contributed by atoms with Gasteiger partial charge in [-0.05, 0) is 6.26 Å². The first-order valence-electron chi connectivity index (χ1n) is 2.89. The largest absolute Gasteiger partial charge is 0.396 e. The Morgan fingerprint density at radius 2 is 2.45 bits per heavy atom. The Bertz CT molecular complexity index is 277. The molecule has 0 aliphatic rings. The van der Waals surface area contributed by atoms with Gasteiger partial charge in [-0.2, -0.15) is 0 Å². The lowest BCUT2D eigenvalue weighted by Crippen LogP contribution is -1.99. The van der Waals surface area contributed by atoms with Gasteiger partial charge in [-0.25, -0.2) is 9.97 Å². The molecule has 0 aromatic carbocycles. The highest BCUT2D eigenvalue weighted by atomic mass is 32.2. The molecule has 1 rings (SSSR count). The number of nitrogen functional groups attached to an aromatic ring is 1. The van der Waals surface area contributed by atoms with Gasteiger partial charge in [0.05, 0.1) is 11.9 Å². The van der Waals surface area contributed by atoms with Gasteiger partial charge in [0.25, 0.3) is 0 Å². The van der Waals surface area contributed by atoms with Crippen LogP contribution in [0.2, 0.25) is 0 Å². The molecule has 0 fully saturated rings. The van der Waals surface area contributed by atoms with E-state index in [2.05, 4.69) is 9.97 Å². The number of nitrogens with two attached hydrogens (primary N) is 1. The lowest BCUT2D eigenvalue weighted by atomic mass is 10.4. The molecule has 2 N–H and O–H groups in total. The van der Waals surface area contributed by atoms with E-state index in [4.69, 9.17) is 5.73 Å². The first-order chi connectivity index (χ1) is 5.27. The maximum Gasteiger partial charge on any atom is 0.188 e. The third kappa shape index (κ3) is 1.68. The third-order valence-electron chi connectivity index (χ3n) is 1.12. The molecule has 0 atom stereocenters. The summed E-state index contributed by atoms with van der Waals surface area (Å²) in [6, 6.07) is 0. The minimum atomic E-state index is 0.254. The number of rotatable bonds is 2. The second-order valence-corrected chi connectivity index (χ2v) is 2.59. The minimum absolute atomic E-state index is 0.254. The van der Waals surface area contributed by atoms with E-state index in [0.29, 0.717) is 17.1 Å². The van der Waals surface area contributed by atoms with E-state index in [1.54, 1.807) is 0 Å². The van der Waals surface area contributed by atoms with E-state index in [0.717, 1.165) is 0 Å². The molecule has 0 unspecified atom stereocenters. The van der Waals surface area contributed by atoms with Crippen LogP contribution < -0.4 is 5.73 Å². The van der Waals surface area contributed by atoms with Crippen molar-refractivity contribution in [2.45, 2.75) is 5.16 Å². The van der Waals surface area contributed by atoms with Crippen LogP contribution in [0.5, 0.6) is 0 Å². The molecule has 11 heavy (non-hydrogen) atoms. The molecule has 0 saturated heterocycles. The SMILES string of the molecule is CSc1ncc(N)c(C=O)n1. The quantitative estimate of drug-likeness (QED) is 0.398. The monoisotopic (exact) mass is 169 g/mol. The van der Waals surface area contributed by atoms with Crippen molar-refractivity contribution in [3.05, 3.63) is 11.9 Å². The summed E-state index contributed by atoms with van der Waals surface area (Å²) in [5.74, 6) is 0. The van der Waals surface area contributed by atoms with Crippen molar-refractivity contribution in [2.75, 3.05) is 12.0 Å². The maximum absolute atomic E-state index is 10.3. The van der Waals surface area contributed by atoms with E-state index in [1.807, 2.05) is 6.26 Å². The van der Waals surface area contributed by atoms with Crippen molar-refractivity contribution in [1.29, 1.82) is 0 Å². The lowest BCUT2D eigenvalue weighted by Gasteiger charge is -1.97. The zero-order valence-electron chi connectivity index (χ0n) is 5.94. The van der Waals surface area contributed by atoms with Crippen molar-refractivity contribution in [3.63, 3.8) is 0 Å². The van der Waals surface area contributed by atoms with E-state index < -0.39 is 0 Å². The highest BCUT2D eigenvalue weighted by Crippen LogP contribution is 2.11. The van der Waals surface area contributed by atoms with Gasteiger partial charge in [0.15, 0.2) is 11.4 Å². The van der Waals surface area contributed by atoms with E-state index in [-0.39, 0.29) is 5.69 Å². The summed E-state index contributed by atoms with van der Waals surface area (Å²) in [5.41, 5.74) is 5.96. The molecule has 0 amide bonds. The molecule has 0 aliphatic carbocycles. The topological polar surface area (TPSA) is 68.9 Å². The summed E-state index contributed by atoms with van der Waals surface area (Å²) < 4.78 is 0. The van der Waals surface area contributed by atoms with E-state index in [9.17, 15) is 4.79 Å². The summed E-state index contributed by atoms with van der Waals surface area (Å²) in [6.45, 7) is 0. The van der Waals surface area contributed by atoms with Crippen LogP contribution in [0.1, 0.15) is 10.5 Å². The number of anilines is 1. The molecule has 1 aromatic heterocycles. The number of carbonyl (C=O) groups is 1. The summed E-state index contributed by atoms with van der Waals surface area (Å²) in [4.78, 5) is 18.1. The van der Waals surface area contributed by atoms with Crippen molar-refractivity contribution in [3.8, 4) is 0 Å². The Hall–Kier alpha value is -1.10. The lowest BCUT2D eigenvalue weighted by molar-refractivity contribution is 0.111. The molecule has 4 nitrogen and oxygen atoms in total. The number of hydrogen-bond acceptors (Lipinski definition) is 5. The van der Waals surface area contributed by atoms with Gasteiger partial charge >= 0.3 is 0 Å². The number of hydrogen-bond donors (Lipinski definition) is 1.